The van der Waals surface area contributed by atoms with E-state index in [-0.39, 0.29) is 6.61 Å². The Morgan fingerprint density at radius 3 is 2.71 bits per heavy atom. The summed E-state index contributed by atoms with van der Waals surface area (Å²) in [6.45, 7) is 2.68. The SMILES string of the molecule is N#Cc1cc2c(Oc3ccc4c(ccn4C(O)NC4CC4)c3)ccnc2cc1OC[C@H](O)CN1CCCC1. The molecule has 1 aliphatic carbocycles. The number of β-amino-alcohol motifs (C(OH)–C–C–N with tert-alkyl or cyclic N) is 1. The fourth-order valence-corrected chi connectivity index (χ4v) is 5.03. The summed E-state index contributed by atoms with van der Waals surface area (Å²) >= 11 is 0. The van der Waals surface area contributed by atoms with Crippen LogP contribution in [-0.4, -0.2) is 63.1 Å². The van der Waals surface area contributed by atoms with E-state index >= 15 is 0 Å². The van der Waals surface area contributed by atoms with Crippen LogP contribution in [0.4, 0.5) is 0 Å². The molecular formula is C29H31N5O4. The fraction of sp³-hybridized carbons (Fsp3) is 0.379. The van der Waals surface area contributed by atoms with Gasteiger partial charge in [0.15, 0.2) is 6.35 Å². The molecule has 4 aromatic rings. The minimum absolute atomic E-state index is 0.109. The second-order valence-electron chi connectivity index (χ2n) is 10.1. The summed E-state index contributed by atoms with van der Waals surface area (Å²) in [7, 11) is 0. The van der Waals surface area contributed by atoms with E-state index in [1.165, 1.54) is 0 Å². The van der Waals surface area contributed by atoms with Crippen molar-refractivity contribution in [2.45, 2.75) is 44.2 Å². The van der Waals surface area contributed by atoms with E-state index < -0.39 is 12.5 Å². The van der Waals surface area contributed by atoms with Gasteiger partial charge in [0.1, 0.15) is 36.0 Å². The van der Waals surface area contributed by atoms with Crippen molar-refractivity contribution in [3.05, 3.63) is 60.4 Å². The Morgan fingerprint density at radius 2 is 1.92 bits per heavy atom. The zero-order valence-electron chi connectivity index (χ0n) is 21.1. The summed E-state index contributed by atoms with van der Waals surface area (Å²) in [5.41, 5.74) is 1.89. The lowest BCUT2D eigenvalue weighted by atomic mass is 10.1. The van der Waals surface area contributed by atoms with Crippen molar-refractivity contribution in [3.8, 4) is 23.3 Å². The van der Waals surface area contributed by atoms with Gasteiger partial charge in [0.2, 0.25) is 0 Å². The Balaban J connectivity index is 1.20. The van der Waals surface area contributed by atoms with Crippen molar-refractivity contribution in [2.24, 2.45) is 0 Å². The molecule has 9 heteroatoms. The van der Waals surface area contributed by atoms with Crippen molar-refractivity contribution in [1.82, 2.24) is 19.8 Å². The van der Waals surface area contributed by atoms with Crippen LogP contribution in [0, 0.1) is 11.3 Å². The van der Waals surface area contributed by atoms with E-state index in [4.69, 9.17) is 9.47 Å². The molecule has 3 heterocycles. The molecule has 2 fully saturated rings. The number of pyridine rings is 1. The molecule has 1 unspecified atom stereocenters. The number of aromatic nitrogens is 2. The van der Waals surface area contributed by atoms with Gasteiger partial charge in [0, 0.05) is 41.8 Å². The van der Waals surface area contributed by atoms with E-state index in [9.17, 15) is 15.5 Å². The summed E-state index contributed by atoms with van der Waals surface area (Å²) < 4.78 is 13.9. The van der Waals surface area contributed by atoms with E-state index in [1.807, 2.05) is 35.0 Å². The Kier molecular flexibility index (Phi) is 6.87. The molecule has 2 atom stereocenters. The van der Waals surface area contributed by atoms with Gasteiger partial charge < -0.3 is 29.2 Å². The van der Waals surface area contributed by atoms with Crippen molar-refractivity contribution in [2.75, 3.05) is 26.2 Å². The van der Waals surface area contributed by atoms with Crippen LogP contribution in [0.5, 0.6) is 17.2 Å². The Hall–Kier alpha value is -3.68. The lowest BCUT2D eigenvalue weighted by molar-refractivity contribution is 0.0701. The second-order valence-corrected chi connectivity index (χ2v) is 10.1. The third-order valence-corrected chi connectivity index (χ3v) is 7.17. The highest BCUT2D eigenvalue weighted by Crippen LogP contribution is 2.34. The first-order valence-corrected chi connectivity index (χ1v) is 13.2. The number of nitrogens with zero attached hydrogens (tertiary/aromatic N) is 4. The first kappa shape index (κ1) is 24.6. The Bertz CT molecular complexity index is 1490. The summed E-state index contributed by atoms with van der Waals surface area (Å²) in [5, 5.41) is 35.5. The lowest BCUT2D eigenvalue weighted by Gasteiger charge is -2.20. The zero-order valence-corrected chi connectivity index (χ0v) is 21.1. The molecule has 3 N–H and O–H groups in total. The van der Waals surface area contributed by atoms with Gasteiger partial charge in [-0.15, -0.1) is 0 Å². The quantitative estimate of drug-likeness (QED) is 0.274. The third-order valence-electron chi connectivity index (χ3n) is 7.17. The first-order valence-electron chi connectivity index (χ1n) is 13.2. The number of likely N-dealkylation sites (tertiary alicyclic amines) is 1. The van der Waals surface area contributed by atoms with Crippen LogP contribution in [0.2, 0.25) is 0 Å². The largest absolute Gasteiger partial charge is 0.489 e. The summed E-state index contributed by atoms with van der Waals surface area (Å²) in [6, 6.07) is 15.4. The molecule has 1 saturated heterocycles. The first-order chi connectivity index (χ1) is 18.6. The van der Waals surface area contributed by atoms with E-state index in [1.54, 1.807) is 24.4 Å². The summed E-state index contributed by atoms with van der Waals surface area (Å²) in [4.78, 5) is 6.68. The van der Waals surface area contributed by atoms with Gasteiger partial charge in [-0.2, -0.15) is 5.26 Å². The van der Waals surface area contributed by atoms with Gasteiger partial charge in [-0.25, -0.2) is 0 Å². The molecule has 0 bridgehead atoms. The lowest BCUT2D eigenvalue weighted by Crippen LogP contribution is -2.33. The van der Waals surface area contributed by atoms with Crippen molar-refractivity contribution in [3.63, 3.8) is 0 Å². The van der Waals surface area contributed by atoms with Crippen LogP contribution in [0.25, 0.3) is 21.8 Å². The monoisotopic (exact) mass is 513 g/mol. The fourth-order valence-electron chi connectivity index (χ4n) is 5.03. The highest BCUT2D eigenvalue weighted by Gasteiger charge is 2.24. The standard InChI is InChI=1S/C29H31N5O4/c30-16-20-14-24-25(15-28(20)37-18-22(35)17-33-10-1-2-11-33)31-9-7-27(24)38-23-5-6-26-19(13-23)8-12-34(26)29(36)32-21-3-4-21/h5-9,12-15,21-22,29,32,35-36H,1-4,10-11,17-18H2/t22-,29?/m1/s1. The van der Waals surface area contributed by atoms with Crippen LogP contribution in [0.15, 0.2) is 54.9 Å². The molecule has 6 rings (SSSR count). The maximum atomic E-state index is 10.5. The minimum Gasteiger partial charge on any atom is -0.489 e. The number of hydrogen-bond acceptors (Lipinski definition) is 8. The molecule has 9 nitrogen and oxygen atoms in total. The number of aliphatic hydroxyl groups is 2. The number of ether oxygens (including phenoxy) is 2. The van der Waals surface area contributed by atoms with Crippen LogP contribution in [-0.2, 0) is 0 Å². The molecule has 0 radical (unpaired) electrons. The van der Waals surface area contributed by atoms with E-state index in [2.05, 4.69) is 21.3 Å². The van der Waals surface area contributed by atoms with Crippen molar-refractivity contribution >= 4 is 21.8 Å². The van der Waals surface area contributed by atoms with Gasteiger partial charge in [-0.05, 0) is 75.2 Å². The predicted octanol–water partition coefficient (Wildman–Crippen LogP) is 3.89. The van der Waals surface area contributed by atoms with Gasteiger partial charge >= 0.3 is 0 Å². The maximum Gasteiger partial charge on any atom is 0.188 e. The Labute approximate surface area is 220 Å². The topological polar surface area (TPSA) is 116 Å². The molecule has 1 aliphatic heterocycles. The second kappa shape index (κ2) is 10.6. The number of benzene rings is 2. The molecular weight excluding hydrogens is 482 g/mol. The average molecular weight is 514 g/mol. The summed E-state index contributed by atoms with van der Waals surface area (Å²) in [6.07, 6.45) is 6.63. The average Bonchev–Trinajstić information content (AvgIpc) is 3.40. The Morgan fingerprint density at radius 1 is 1.08 bits per heavy atom. The van der Waals surface area contributed by atoms with Crippen molar-refractivity contribution < 1.29 is 19.7 Å². The van der Waals surface area contributed by atoms with Gasteiger partial charge in [0.05, 0.1) is 16.6 Å². The molecule has 2 aliphatic rings. The molecule has 38 heavy (non-hydrogen) atoms. The number of rotatable bonds is 10. The molecule has 2 aromatic carbocycles. The molecule has 196 valence electrons. The van der Waals surface area contributed by atoms with Gasteiger partial charge in [0.25, 0.3) is 0 Å². The zero-order chi connectivity index (χ0) is 26.1. The third kappa shape index (κ3) is 5.30. The van der Waals surface area contributed by atoms with E-state index in [0.717, 1.165) is 49.7 Å². The van der Waals surface area contributed by atoms with Crippen molar-refractivity contribution in [1.29, 1.82) is 5.26 Å². The number of hydrogen-bond donors (Lipinski definition) is 3. The van der Waals surface area contributed by atoms with Gasteiger partial charge in [-0.1, -0.05) is 0 Å². The number of aliphatic hydroxyl groups excluding tert-OH is 2. The van der Waals surface area contributed by atoms with Gasteiger partial charge in [-0.3, -0.25) is 10.3 Å². The molecule has 0 spiro atoms. The number of fused-ring (bicyclic) bond motifs is 2. The smallest absolute Gasteiger partial charge is 0.188 e. The van der Waals surface area contributed by atoms with Crippen LogP contribution >= 0.6 is 0 Å². The highest BCUT2D eigenvalue weighted by atomic mass is 16.5. The van der Waals surface area contributed by atoms with Crippen LogP contribution < -0.4 is 14.8 Å². The number of nitrogens with one attached hydrogen (secondary N) is 1. The van der Waals surface area contributed by atoms with Crippen LogP contribution in [0.1, 0.15) is 37.6 Å². The van der Waals surface area contributed by atoms with Crippen LogP contribution in [0.3, 0.4) is 0 Å². The van der Waals surface area contributed by atoms with E-state index in [0.29, 0.717) is 46.3 Å². The predicted molar refractivity (Wildman–Crippen MR) is 143 cm³/mol. The maximum absolute atomic E-state index is 10.5. The minimum atomic E-state index is -0.766. The summed E-state index contributed by atoms with van der Waals surface area (Å²) in [5.74, 6) is 1.60. The highest BCUT2D eigenvalue weighted by molar-refractivity contribution is 5.88. The normalized spacial score (nSPS) is 17.5. The molecule has 0 amide bonds. The number of nitriles is 1. The molecule has 1 saturated carbocycles. The molecule has 2 aromatic heterocycles.